The first-order chi connectivity index (χ1) is 15.3. The third kappa shape index (κ3) is 4.91. The molecule has 3 heterocycles. The van der Waals surface area contributed by atoms with Crippen LogP contribution >= 0.6 is 0 Å². The van der Waals surface area contributed by atoms with Gasteiger partial charge in [-0.15, -0.1) is 0 Å². The van der Waals surface area contributed by atoms with Gasteiger partial charge in [-0.1, -0.05) is 31.1 Å². The van der Waals surface area contributed by atoms with Crippen molar-refractivity contribution in [3.63, 3.8) is 0 Å². The average molecular weight is 437 g/mol. The van der Waals surface area contributed by atoms with Crippen molar-refractivity contribution in [3.05, 3.63) is 66.4 Å². The maximum atomic E-state index is 14.5. The summed E-state index contributed by atoms with van der Waals surface area (Å²) in [4.78, 5) is 16.4. The summed E-state index contributed by atoms with van der Waals surface area (Å²) in [6, 6.07) is 9.99. The number of benzene rings is 1. The number of aromatic nitrogens is 3. The molecular formula is C22H20FN5O4. The van der Waals surface area contributed by atoms with Crippen molar-refractivity contribution in [2.75, 3.05) is 10.6 Å². The first-order valence-electron chi connectivity index (χ1n) is 9.67. The standard InChI is InChI=1S/C22H20FN5O4/c1-22(2,3)19-12-20(32-28-19)26-21(29)25-16-5-4-13(10-15(16)23)31-14-6-8-24-18(11-14)17-7-9-30-27-17/h4-12H,1-3H3,(H2,25,26,29). The fourth-order valence-corrected chi connectivity index (χ4v) is 2.71. The Kier molecular flexibility index (Phi) is 5.59. The molecule has 0 aliphatic heterocycles. The summed E-state index contributed by atoms with van der Waals surface area (Å²) in [5.41, 5.74) is 1.53. The molecule has 0 radical (unpaired) electrons. The summed E-state index contributed by atoms with van der Waals surface area (Å²) in [7, 11) is 0. The number of rotatable bonds is 5. The lowest BCUT2D eigenvalue weighted by Crippen LogP contribution is -2.19. The van der Waals surface area contributed by atoms with Crippen LogP contribution in [0.3, 0.4) is 0 Å². The first-order valence-corrected chi connectivity index (χ1v) is 9.67. The minimum absolute atomic E-state index is 0.0246. The van der Waals surface area contributed by atoms with Gasteiger partial charge in [-0.25, -0.2) is 9.18 Å². The molecule has 3 aromatic heterocycles. The van der Waals surface area contributed by atoms with Gasteiger partial charge in [-0.05, 0) is 18.2 Å². The lowest BCUT2D eigenvalue weighted by Gasteiger charge is -2.12. The molecule has 2 amide bonds. The van der Waals surface area contributed by atoms with E-state index in [2.05, 4.69) is 25.9 Å². The van der Waals surface area contributed by atoms with Gasteiger partial charge < -0.3 is 19.1 Å². The average Bonchev–Trinajstić information content (AvgIpc) is 3.42. The number of halogens is 1. The Morgan fingerprint density at radius 1 is 1.00 bits per heavy atom. The highest BCUT2D eigenvalue weighted by molar-refractivity contribution is 5.99. The molecule has 0 atom stereocenters. The Morgan fingerprint density at radius 3 is 2.50 bits per heavy atom. The molecule has 0 saturated heterocycles. The number of ether oxygens (including phenoxy) is 1. The van der Waals surface area contributed by atoms with Crippen LogP contribution in [0.1, 0.15) is 26.5 Å². The Labute approximate surface area is 182 Å². The molecule has 0 fully saturated rings. The van der Waals surface area contributed by atoms with E-state index in [4.69, 9.17) is 13.8 Å². The van der Waals surface area contributed by atoms with Crippen LogP contribution < -0.4 is 15.4 Å². The summed E-state index contributed by atoms with van der Waals surface area (Å²) in [6.07, 6.45) is 2.98. The number of nitrogens with zero attached hydrogens (tertiary/aromatic N) is 3. The van der Waals surface area contributed by atoms with Crippen LogP contribution in [-0.2, 0) is 5.41 Å². The van der Waals surface area contributed by atoms with Gasteiger partial charge in [-0.3, -0.25) is 10.3 Å². The molecule has 10 heteroatoms. The van der Waals surface area contributed by atoms with E-state index in [1.54, 1.807) is 30.5 Å². The fraction of sp³-hybridized carbons (Fsp3) is 0.182. The van der Waals surface area contributed by atoms with E-state index in [-0.39, 0.29) is 22.7 Å². The molecule has 32 heavy (non-hydrogen) atoms. The minimum atomic E-state index is -0.670. The monoisotopic (exact) mass is 437 g/mol. The van der Waals surface area contributed by atoms with E-state index in [0.29, 0.717) is 22.8 Å². The Hall–Kier alpha value is -4.21. The molecule has 4 aromatic rings. The van der Waals surface area contributed by atoms with Crippen LogP contribution in [0.2, 0.25) is 0 Å². The number of hydrogen-bond donors (Lipinski definition) is 2. The van der Waals surface area contributed by atoms with Crippen molar-refractivity contribution in [1.82, 2.24) is 15.3 Å². The van der Waals surface area contributed by atoms with E-state index >= 15 is 0 Å². The Bertz CT molecular complexity index is 1230. The molecule has 4 rings (SSSR count). The molecule has 0 saturated carbocycles. The van der Waals surface area contributed by atoms with E-state index in [9.17, 15) is 9.18 Å². The van der Waals surface area contributed by atoms with Crippen LogP contribution in [0.25, 0.3) is 11.4 Å². The van der Waals surface area contributed by atoms with Gasteiger partial charge >= 0.3 is 6.03 Å². The second kappa shape index (κ2) is 8.50. The fourth-order valence-electron chi connectivity index (χ4n) is 2.71. The number of carbonyl (C=O) groups is 1. The highest BCUT2D eigenvalue weighted by Crippen LogP contribution is 2.28. The maximum Gasteiger partial charge on any atom is 0.326 e. The number of nitrogens with one attached hydrogen (secondary N) is 2. The predicted octanol–water partition coefficient (Wildman–Crippen LogP) is 5.60. The van der Waals surface area contributed by atoms with E-state index < -0.39 is 11.8 Å². The molecule has 0 aliphatic carbocycles. The topological polar surface area (TPSA) is 115 Å². The molecule has 0 spiro atoms. The quantitative estimate of drug-likeness (QED) is 0.418. The summed E-state index contributed by atoms with van der Waals surface area (Å²) < 4.78 is 30.1. The van der Waals surface area contributed by atoms with Crippen molar-refractivity contribution >= 4 is 17.6 Å². The Balaban J connectivity index is 1.41. The first kappa shape index (κ1) is 21.0. The zero-order chi connectivity index (χ0) is 22.7. The Morgan fingerprint density at radius 2 is 1.81 bits per heavy atom. The minimum Gasteiger partial charge on any atom is -0.457 e. The van der Waals surface area contributed by atoms with Gasteiger partial charge in [0.2, 0.25) is 5.88 Å². The SMILES string of the molecule is CC(C)(C)c1cc(NC(=O)Nc2ccc(Oc3ccnc(-c4ccon4)c3)cc2F)on1. The lowest BCUT2D eigenvalue weighted by atomic mass is 9.92. The second-order valence-corrected chi connectivity index (χ2v) is 7.91. The van der Waals surface area contributed by atoms with Gasteiger partial charge in [0.05, 0.1) is 17.1 Å². The van der Waals surface area contributed by atoms with Crippen molar-refractivity contribution in [3.8, 4) is 22.9 Å². The number of hydrogen-bond acceptors (Lipinski definition) is 7. The van der Waals surface area contributed by atoms with Crippen LogP contribution in [0.5, 0.6) is 11.5 Å². The van der Waals surface area contributed by atoms with Crippen molar-refractivity contribution in [2.24, 2.45) is 0 Å². The lowest BCUT2D eigenvalue weighted by molar-refractivity contribution is 0.261. The molecule has 2 N–H and O–H groups in total. The van der Waals surface area contributed by atoms with Crippen LogP contribution in [0, 0.1) is 5.82 Å². The second-order valence-electron chi connectivity index (χ2n) is 7.91. The van der Waals surface area contributed by atoms with Gasteiger partial charge in [0, 0.05) is 35.9 Å². The molecule has 164 valence electrons. The zero-order valence-electron chi connectivity index (χ0n) is 17.5. The van der Waals surface area contributed by atoms with Crippen LogP contribution in [0.15, 0.2) is 64.0 Å². The summed E-state index contributed by atoms with van der Waals surface area (Å²) in [5.74, 6) is 0.177. The molecule has 0 bridgehead atoms. The third-order valence-electron chi connectivity index (χ3n) is 4.37. The smallest absolute Gasteiger partial charge is 0.326 e. The normalized spacial score (nSPS) is 11.2. The number of pyridine rings is 1. The summed E-state index contributed by atoms with van der Waals surface area (Å²) in [5, 5.41) is 12.7. The largest absolute Gasteiger partial charge is 0.457 e. The summed E-state index contributed by atoms with van der Waals surface area (Å²) in [6.45, 7) is 5.90. The van der Waals surface area contributed by atoms with E-state index in [1.807, 2.05) is 20.8 Å². The van der Waals surface area contributed by atoms with Crippen LogP contribution in [0.4, 0.5) is 20.8 Å². The van der Waals surface area contributed by atoms with Gasteiger partial charge in [0.15, 0.2) is 0 Å². The molecule has 0 unspecified atom stereocenters. The highest BCUT2D eigenvalue weighted by atomic mass is 19.1. The summed E-state index contributed by atoms with van der Waals surface area (Å²) >= 11 is 0. The van der Waals surface area contributed by atoms with Gasteiger partial charge in [-0.2, -0.15) is 0 Å². The number of carbonyl (C=O) groups excluding carboxylic acids is 1. The van der Waals surface area contributed by atoms with E-state index in [0.717, 1.165) is 6.07 Å². The number of amides is 2. The van der Waals surface area contributed by atoms with E-state index in [1.165, 1.54) is 18.4 Å². The molecule has 0 aliphatic rings. The van der Waals surface area contributed by atoms with Crippen LogP contribution in [-0.4, -0.2) is 21.3 Å². The molecule has 9 nitrogen and oxygen atoms in total. The highest BCUT2D eigenvalue weighted by Gasteiger charge is 2.20. The maximum absolute atomic E-state index is 14.5. The van der Waals surface area contributed by atoms with Gasteiger partial charge in [0.25, 0.3) is 0 Å². The van der Waals surface area contributed by atoms with Crippen molar-refractivity contribution < 1.29 is 23.0 Å². The predicted molar refractivity (Wildman–Crippen MR) is 114 cm³/mol. The molecular weight excluding hydrogens is 417 g/mol. The third-order valence-corrected chi connectivity index (χ3v) is 4.37. The number of anilines is 2. The van der Waals surface area contributed by atoms with Gasteiger partial charge in [0.1, 0.15) is 29.3 Å². The zero-order valence-corrected chi connectivity index (χ0v) is 17.5. The molecule has 1 aromatic carbocycles. The van der Waals surface area contributed by atoms with Crippen molar-refractivity contribution in [2.45, 2.75) is 26.2 Å². The van der Waals surface area contributed by atoms with Crippen molar-refractivity contribution in [1.29, 1.82) is 0 Å². The number of urea groups is 1.